The Bertz CT molecular complexity index is 324. The summed E-state index contributed by atoms with van der Waals surface area (Å²) < 4.78 is 0. The first-order chi connectivity index (χ1) is 7.13. The van der Waals surface area contributed by atoms with Gasteiger partial charge in [-0.25, -0.2) is 0 Å². The van der Waals surface area contributed by atoms with Gasteiger partial charge in [0.2, 0.25) is 0 Å². The Morgan fingerprint density at radius 2 is 2.07 bits per heavy atom. The summed E-state index contributed by atoms with van der Waals surface area (Å²) in [5.74, 6) is 0.207. The fraction of sp³-hybridized carbons (Fsp3) is 0.364. The average molecular weight is 202 g/mol. The predicted octanol–water partition coefficient (Wildman–Crippen LogP) is -0.195. The molecule has 15 heavy (non-hydrogen) atoms. The average Bonchev–Trinajstić information content (AvgIpc) is 2.26. The fourth-order valence-corrected chi connectivity index (χ4v) is 1.09. The zero-order valence-corrected chi connectivity index (χ0v) is 8.86. The van der Waals surface area contributed by atoms with Gasteiger partial charge in [-0.05, 0) is 12.5 Å². The van der Waals surface area contributed by atoms with E-state index in [0.717, 1.165) is 0 Å². The van der Waals surface area contributed by atoms with Crippen LogP contribution in [0.5, 0.6) is 0 Å². The summed E-state index contributed by atoms with van der Waals surface area (Å²) >= 11 is 0. The summed E-state index contributed by atoms with van der Waals surface area (Å²) in [5.41, 5.74) is 6.72. The van der Waals surface area contributed by atoms with Gasteiger partial charge in [0.1, 0.15) is 7.85 Å². The molecule has 0 aliphatic rings. The van der Waals surface area contributed by atoms with Crippen LogP contribution in [-0.2, 0) is 0 Å². The first-order valence-corrected chi connectivity index (χ1v) is 4.97. The molecule has 0 heterocycles. The van der Waals surface area contributed by atoms with Crippen molar-refractivity contribution in [2.45, 2.75) is 6.92 Å². The van der Waals surface area contributed by atoms with E-state index in [2.05, 4.69) is 5.32 Å². The maximum absolute atomic E-state index is 11.6. The molecule has 2 radical (unpaired) electrons. The summed E-state index contributed by atoms with van der Waals surface area (Å²) in [6.45, 7) is 3.16. The van der Waals surface area contributed by atoms with Crippen LogP contribution in [0.25, 0.3) is 0 Å². The van der Waals surface area contributed by atoms with Crippen molar-refractivity contribution in [2.24, 2.45) is 11.7 Å². The molecule has 0 fully saturated rings. The van der Waals surface area contributed by atoms with Crippen LogP contribution in [0, 0.1) is 5.92 Å². The molecule has 1 aromatic rings. The topological polar surface area (TPSA) is 55.1 Å². The lowest BCUT2D eigenvalue weighted by Crippen LogP contribution is -2.31. The molecule has 0 spiro atoms. The van der Waals surface area contributed by atoms with E-state index in [1.165, 1.54) is 0 Å². The van der Waals surface area contributed by atoms with Crippen LogP contribution in [0.2, 0.25) is 0 Å². The van der Waals surface area contributed by atoms with E-state index in [1.807, 2.05) is 6.92 Å². The van der Waals surface area contributed by atoms with Gasteiger partial charge in [0.15, 0.2) is 0 Å². The SMILES string of the molecule is [B]c1ccc(C(=O)NCC(C)CN)cc1. The van der Waals surface area contributed by atoms with E-state index in [4.69, 9.17) is 13.6 Å². The molecular weight excluding hydrogens is 187 g/mol. The Morgan fingerprint density at radius 1 is 1.47 bits per heavy atom. The van der Waals surface area contributed by atoms with Crippen molar-refractivity contribution in [1.82, 2.24) is 5.32 Å². The quantitative estimate of drug-likeness (QED) is 0.664. The number of nitrogens with one attached hydrogen (secondary N) is 1. The number of hydrogen-bond acceptors (Lipinski definition) is 2. The predicted molar refractivity (Wildman–Crippen MR) is 62.4 cm³/mol. The van der Waals surface area contributed by atoms with Crippen molar-refractivity contribution >= 4 is 19.2 Å². The molecule has 1 atom stereocenters. The summed E-state index contributed by atoms with van der Waals surface area (Å²) in [7, 11) is 5.52. The third-order valence-electron chi connectivity index (χ3n) is 2.19. The van der Waals surface area contributed by atoms with Gasteiger partial charge in [-0.2, -0.15) is 0 Å². The molecule has 78 valence electrons. The van der Waals surface area contributed by atoms with Crippen LogP contribution in [0.4, 0.5) is 0 Å². The van der Waals surface area contributed by atoms with Crippen molar-refractivity contribution < 1.29 is 4.79 Å². The molecule has 4 heteroatoms. The fourth-order valence-electron chi connectivity index (χ4n) is 1.09. The van der Waals surface area contributed by atoms with Crippen LogP contribution >= 0.6 is 0 Å². The first kappa shape index (κ1) is 11.8. The highest BCUT2D eigenvalue weighted by atomic mass is 16.1. The molecule has 0 saturated heterocycles. The highest BCUT2D eigenvalue weighted by Gasteiger charge is 2.05. The second-order valence-electron chi connectivity index (χ2n) is 3.67. The zero-order chi connectivity index (χ0) is 11.3. The van der Waals surface area contributed by atoms with Crippen LogP contribution in [0.15, 0.2) is 24.3 Å². The molecule has 0 saturated carbocycles. The number of hydrogen-bond donors (Lipinski definition) is 2. The lowest BCUT2D eigenvalue weighted by molar-refractivity contribution is 0.0948. The normalized spacial score (nSPS) is 12.1. The number of nitrogens with two attached hydrogens (primary N) is 1. The van der Waals surface area contributed by atoms with Crippen LogP contribution in [0.3, 0.4) is 0 Å². The molecule has 0 aromatic heterocycles. The smallest absolute Gasteiger partial charge is 0.251 e. The Morgan fingerprint density at radius 3 is 2.60 bits per heavy atom. The third kappa shape index (κ3) is 3.76. The molecule has 1 rings (SSSR count). The van der Waals surface area contributed by atoms with Gasteiger partial charge in [0, 0.05) is 12.1 Å². The van der Waals surface area contributed by atoms with Gasteiger partial charge in [-0.15, -0.1) is 0 Å². The molecule has 3 N–H and O–H groups in total. The highest BCUT2D eigenvalue weighted by molar-refractivity contribution is 6.32. The summed E-state index contributed by atoms with van der Waals surface area (Å²) in [4.78, 5) is 11.6. The van der Waals surface area contributed by atoms with Crippen LogP contribution in [-0.4, -0.2) is 26.8 Å². The number of benzene rings is 1. The molecule has 1 amide bonds. The summed E-state index contributed by atoms with van der Waals surface area (Å²) in [6.07, 6.45) is 0. The lowest BCUT2D eigenvalue weighted by Gasteiger charge is -2.10. The lowest BCUT2D eigenvalue weighted by atomic mass is 9.95. The van der Waals surface area contributed by atoms with Gasteiger partial charge in [0.05, 0.1) is 0 Å². The van der Waals surface area contributed by atoms with Crippen molar-refractivity contribution in [1.29, 1.82) is 0 Å². The van der Waals surface area contributed by atoms with Gasteiger partial charge in [0.25, 0.3) is 5.91 Å². The Labute approximate surface area is 91.5 Å². The van der Waals surface area contributed by atoms with E-state index >= 15 is 0 Å². The largest absolute Gasteiger partial charge is 0.352 e. The van der Waals surface area contributed by atoms with E-state index in [-0.39, 0.29) is 5.91 Å². The van der Waals surface area contributed by atoms with Gasteiger partial charge in [-0.3, -0.25) is 4.79 Å². The second kappa shape index (κ2) is 5.56. The van der Waals surface area contributed by atoms with Gasteiger partial charge in [-0.1, -0.05) is 36.7 Å². The van der Waals surface area contributed by atoms with Gasteiger partial charge < -0.3 is 11.1 Å². The molecule has 0 aliphatic heterocycles. The van der Waals surface area contributed by atoms with E-state index in [1.54, 1.807) is 24.3 Å². The second-order valence-corrected chi connectivity index (χ2v) is 3.67. The maximum atomic E-state index is 11.6. The first-order valence-electron chi connectivity index (χ1n) is 4.97. The minimum absolute atomic E-state index is 0.0877. The van der Waals surface area contributed by atoms with Crippen molar-refractivity contribution in [2.75, 3.05) is 13.1 Å². The number of carbonyl (C=O) groups is 1. The Hall–Kier alpha value is -1.29. The maximum Gasteiger partial charge on any atom is 0.251 e. The summed E-state index contributed by atoms with van der Waals surface area (Å²) in [6, 6.07) is 6.83. The van der Waals surface area contributed by atoms with E-state index < -0.39 is 0 Å². The Balaban J connectivity index is 2.50. The minimum atomic E-state index is -0.0877. The van der Waals surface area contributed by atoms with E-state index in [9.17, 15) is 4.79 Å². The van der Waals surface area contributed by atoms with Crippen molar-refractivity contribution in [3.63, 3.8) is 0 Å². The highest BCUT2D eigenvalue weighted by Crippen LogP contribution is 1.97. The molecule has 3 nitrogen and oxygen atoms in total. The van der Waals surface area contributed by atoms with Crippen molar-refractivity contribution in [3.8, 4) is 0 Å². The molecule has 1 aromatic carbocycles. The molecule has 0 bridgehead atoms. The molecular formula is C11H15BN2O. The van der Waals surface area contributed by atoms with Crippen molar-refractivity contribution in [3.05, 3.63) is 29.8 Å². The zero-order valence-electron chi connectivity index (χ0n) is 8.86. The number of rotatable bonds is 4. The van der Waals surface area contributed by atoms with Crippen LogP contribution in [0.1, 0.15) is 17.3 Å². The minimum Gasteiger partial charge on any atom is -0.352 e. The van der Waals surface area contributed by atoms with Crippen LogP contribution < -0.4 is 16.5 Å². The standard InChI is InChI=1S/C11H15BN2O/c1-8(6-13)7-14-11(15)9-2-4-10(12)5-3-9/h2-5,8H,6-7,13H2,1H3,(H,14,15). The monoisotopic (exact) mass is 202 g/mol. The molecule has 1 unspecified atom stereocenters. The number of carbonyl (C=O) groups excluding carboxylic acids is 1. The third-order valence-corrected chi connectivity index (χ3v) is 2.19. The number of amides is 1. The summed E-state index contributed by atoms with van der Waals surface area (Å²) in [5, 5.41) is 2.81. The van der Waals surface area contributed by atoms with E-state index in [0.29, 0.717) is 30.0 Å². The Kier molecular flexibility index (Phi) is 4.37. The van der Waals surface area contributed by atoms with Gasteiger partial charge >= 0.3 is 0 Å². The molecule has 0 aliphatic carbocycles.